The molecule has 1 aromatic heterocycles. The molecule has 1 aliphatic rings. The maximum Gasteiger partial charge on any atom is 0.252 e. The van der Waals surface area contributed by atoms with Gasteiger partial charge in [-0.05, 0) is 37.9 Å². The van der Waals surface area contributed by atoms with Gasteiger partial charge in [-0.15, -0.1) is 0 Å². The summed E-state index contributed by atoms with van der Waals surface area (Å²) in [5.74, 6) is 0.885. The molecule has 2 heterocycles. The quantitative estimate of drug-likeness (QED) is 0.740. The molecule has 1 N–H and O–H groups in total. The maximum atomic E-state index is 12.2. The standard InChI is InChI=1S/C18H29N5O2/c1-21(2)16-9-8-14(13-20-16)17(24)19-10-6-12-23-11-5-7-15(23)18(25)22(3)4/h8-9,13,15H,5-7,10-12H2,1-4H3,(H,19,24). The van der Waals surface area contributed by atoms with E-state index in [9.17, 15) is 9.59 Å². The zero-order valence-corrected chi connectivity index (χ0v) is 15.7. The molecule has 0 aromatic carbocycles. The number of anilines is 1. The Kier molecular flexibility index (Phi) is 6.75. The van der Waals surface area contributed by atoms with Gasteiger partial charge >= 0.3 is 0 Å². The van der Waals surface area contributed by atoms with Crippen molar-refractivity contribution in [3.63, 3.8) is 0 Å². The summed E-state index contributed by atoms with van der Waals surface area (Å²) in [7, 11) is 7.42. The van der Waals surface area contributed by atoms with Crippen LogP contribution in [0.4, 0.5) is 5.82 Å². The lowest BCUT2D eigenvalue weighted by Crippen LogP contribution is -2.43. The second-order valence-electron chi connectivity index (χ2n) is 6.84. The second-order valence-corrected chi connectivity index (χ2v) is 6.84. The zero-order valence-electron chi connectivity index (χ0n) is 15.7. The Balaban J connectivity index is 1.75. The van der Waals surface area contributed by atoms with Crippen molar-refractivity contribution in [3.8, 4) is 0 Å². The van der Waals surface area contributed by atoms with Crippen molar-refractivity contribution in [2.75, 3.05) is 52.7 Å². The Morgan fingerprint density at radius 2 is 2.04 bits per heavy atom. The Bertz CT molecular complexity index is 586. The van der Waals surface area contributed by atoms with Crippen LogP contribution in [0.2, 0.25) is 0 Å². The summed E-state index contributed by atoms with van der Waals surface area (Å²) in [6, 6.07) is 3.61. The average molecular weight is 347 g/mol. The van der Waals surface area contributed by atoms with Crippen LogP contribution < -0.4 is 10.2 Å². The van der Waals surface area contributed by atoms with Gasteiger partial charge in [-0.3, -0.25) is 14.5 Å². The van der Waals surface area contributed by atoms with Crippen molar-refractivity contribution in [2.45, 2.75) is 25.3 Å². The SMILES string of the molecule is CN(C)C(=O)C1CCCN1CCCNC(=O)c1ccc(N(C)C)nc1. The highest BCUT2D eigenvalue weighted by molar-refractivity contribution is 5.94. The number of carbonyl (C=O) groups excluding carboxylic acids is 2. The summed E-state index contributed by atoms with van der Waals surface area (Å²) in [4.78, 5) is 34.3. The van der Waals surface area contributed by atoms with Gasteiger partial charge in [0.2, 0.25) is 5.91 Å². The molecule has 0 aliphatic carbocycles. The number of carbonyl (C=O) groups is 2. The second kappa shape index (κ2) is 8.80. The number of aromatic nitrogens is 1. The summed E-state index contributed by atoms with van der Waals surface area (Å²) in [6.07, 6.45) is 4.40. The van der Waals surface area contributed by atoms with E-state index >= 15 is 0 Å². The minimum atomic E-state index is -0.111. The molecule has 1 aromatic rings. The molecule has 138 valence electrons. The minimum absolute atomic E-state index is 0.00604. The van der Waals surface area contributed by atoms with Gasteiger partial charge in [-0.1, -0.05) is 0 Å². The van der Waals surface area contributed by atoms with E-state index < -0.39 is 0 Å². The molecule has 1 unspecified atom stereocenters. The first-order chi connectivity index (χ1) is 11.9. The molecule has 7 nitrogen and oxygen atoms in total. The fourth-order valence-corrected chi connectivity index (χ4v) is 3.04. The average Bonchev–Trinajstić information content (AvgIpc) is 3.06. The van der Waals surface area contributed by atoms with Gasteiger partial charge < -0.3 is 15.1 Å². The van der Waals surface area contributed by atoms with Crippen LogP contribution in [0.5, 0.6) is 0 Å². The van der Waals surface area contributed by atoms with Gasteiger partial charge in [-0.25, -0.2) is 4.98 Å². The molecular formula is C18H29N5O2. The molecule has 0 spiro atoms. The third-order valence-corrected chi connectivity index (χ3v) is 4.47. The minimum Gasteiger partial charge on any atom is -0.363 e. The van der Waals surface area contributed by atoms with Crippen molar-refractivity contribution >= 4 is 17.6 Å². The number of likely N-dealkylation sites (N-methyl/N-ethyl adjacent to an activating group) is 1. The van der Waals surface area contributed by atoms with Crippen molar-refractivity contribution in [1.29, 1.82) is 0 Å². The first-order valence-corrected chi connectivity index (χ1v) is 8.77. The molecule has 25 heavy (non-hydrogen) atoms. The number of pyridine rings is 1. The Hall–Kier alpha value is -2.15. The molecular weight excluding hydrogens is 318 g/mol. The van der Waals surface area contributed by atoms with Crippen LogP contribution in [0, 0.1) is 0 Å². The summed E-state index contributed by atoms with van der Waals surface area (Å²) in [5.41, 5.74) is 0.562. The molecule has 0 bridgehead atoms. The highest BCUT2D eigenvalue weighted by atomic mass is 16.2. The highest BCUT2D eigenvalue weighted by Gasteiger charge is 2.30. The van der Waals surface area contributed by atoms with E-state index in [-0.39, 0.29) is 17.9 Å². The Morgan fingerprint density at radius 3 is 2.64 bits per heavy atom. The maximum absolute atomic E-state index is 12.2. The van der Waals surface area contributed by atoms with Crippen LogP contribution in [0.3, 0.4) is 0 Å². The fraction of sp³-hybridized carbons (Fsp3) is 0.611. The van der Waals surface area contributed by atoms with Crippen molar-refractivity contribution in [3.05, 3.63) is 23.9 Å². The third-order valence-electron chi connectivity index (χ3n) is 4.47. The topological polar surface area (TPSA) is 68.8 Å². The predicted octanol–water partition coefficient (Wildman–Crippen LogP) is 0.820. The van der Waals surface area contributed by atoms with E-state index in [1.807, 2.05) is 25.1 Å². The zero-order chi connectivity index (χ0) is 18.4. The monoisotopic (exact) mass is 347 g/mol. The normalized spacial score (nSPS) is 17.4. The largest absolute Gasteiger partial charge is 0.363 e. The van der Waals surface area contributed by atoms with E-state index in [4.69, 9.17) is 0 Å². The Morgan fingerprint density at radius 1 is 1.28 bits per heavy atom. The lowest BCUT2D eigenvalue weighted by atomic mass is 10.2. The predicted molar refractivity (Wildman–Crippen MR) is 98.8 cm³/mol. The smallest absolute Gasteiger partial charge is 0.252 e. The van der Waals surface area contributed by atoms with Crippen LogP contribution in [-0.4, -0.2) is 80.5 Å². The molecule has 2 amide bonds. The number of hydrogen-bond acceptors (Lipinski definition) is 5. The van der Waals surface area contributed by atoms with Gasteiger partial charge in [0.1, 0.15) is 5.82 Å². The molecule has 1 atom stereocenters. The molecule has 1 fully saturated rings. The van der Waals surface area contributed by atoms with Gasteiger partial charge in [0.15, 0.2) is 0 Å². The van der Waals surface area contributed by atoms with Crippen LogP contribution >= 0.6 is 0 Å². The number of rotatable bonds is 7. The first-order valence-electron chi connectivity index (χ1n) is 8.77. The number of amides is 2. The lowest BCUT2D eigenvalue weighted by molar-refractivity contribution is -0.133. The molecule has 0 radical (unpaired) electrons. The van der Waals surface area contributed by atoms with Crippen molar-refractivity contribution < 1.29 is 9.59 Å². The molecule has 1 saturated heterocycles. The van der Waals surface area contributed by atoms with E-state index in [1.165, 1.54) is 0 Å². The van der Waals surface area contributed by atoms with E-state index in [2.05, 4.69) is 15.2 Å². The van der Waals surface area contributed by atoms with Gasteiger partial charge in [0.25, 0.3) is 5.91 Å². The number of nitrogens with one attached hydrogen (secondary N) is 1. The van der Waals surface area contributed by atoms with Gasteiger partial charge in [0, 0.05) is 47.5 Å². The molecule has 1 aliphatic heterocycles. The molecule has 0 saturated carbocycles. The molecule has 7 heteroatoms. The number of nitrogens with zero attached hydrogens (tertiary/aromatic N) is 4. The number of hydrogen-bond donors (Lipinski definition) is 1. The van der Waals surface area contributed by atoms with Crippen molar-refractivity contribution in [2.24, 2.45) is 0 Å². The van der Waals surface area contributed by atoms with Crippen LogP contribution in [0.1, 0.15) is 29.6 Å². The summed E-state index contributed by atoms with van der Waals surface area (Å²) >= 11 is 0. The highest BCUT2D eigenvalue weighted by Crippen LogP contribution is 2.18. The molecule has 2 rings (SSSR count). The first kappa shape index (κ1) is 19.2. The fourth-order valence-electron chi connectivity index (χ4n) is 3.04. The van der Waals surface area contributed by atoms with Gasteiger partial charge in [-0.2, -0.15) is 0 Å². The van der Waals surface area contributed by atoms with E-state index in [0.717, 1.165) is 38.2 Å². The van der Waals surface area contributed by atoms with E-state index in [1.54, 1.807) is 31.3 Å². The summed E-state index contributed by atoms with van der Waals surface area (Å²) in [6.45, 7) is 2.37. The number of likely N-dealkylation sites (tertiary alicyclic amines) is 1. The third kappa shape index (κ3) is 5.16. The van der Waals surface area contributed by atoms with E-state index in [0.29, 0.717) is 12.1 Å². The van der Waals surface area contributed by atoms with Crippen LogP contribution in [0.25, 0.3) is 0 Å². The summed E-state index contributed by atoms with van der Waals surface area (Å²) < 4.78 is 0. The van der Waals surface area contributed by atoms with Crippen molar-refractivity contribution in [1.82, 2.24) is 20.1 Å². The van der Waals surface area contributed by atoms with Crippen LogP contribution in [-0.2, 0) is 4.79 Å². The lowest BCUT2D eigenvalue weighted by Gasteiger charge is -2.26. The van der Waals surface area contributed by atoms with Gasteiger partial charge in [0.05, 0.1) is 11.6 Å². The van der Waals surface area contributed by atoms with Crippen LogP contribution in [0.15, 0.2) is 18.3 Å². The Labute approximate surface area is 150 Å². The summed E-state index contributed by atoms with van der Waals surface area (Å²) in [5, 5.41) is 2.92.